The summed E-state index contributed by atoms with van der Waals surface area (Å²) in [6.45, 7) is 7.13. The topological polar surface area (TPSA) is 38.3 Å². The summed E-state index contributed by atoms with van der Waals surface area (Å²) in [6.07, 6.45) is 2.21. The summed E-state index contributed by atoms with van der Waals surface area (Å²) in [4.78, 5) is 11.1. The number of carbonyl (C=O) groups is 1. The van der Waals surface area contributed by atoms with Crippen molar-refractivity contribution in [3.8, 4) is 0 Å². The van der Waals surface area contributed by atoms with E-state index in [4.69, 9.17) is 16.3 Å². The summed E-state index contributed by atoms with van der Waals surface area (Å²) in [5.41, 5.74) is 1.77. The Morgan fingerprint density at radius 1 is 1.47 bits per heavy atom. The van der Waals surface area contributed by atoms with Gasteiger partial charge < -0.3 is 10.1 Å². The van der Waals surface area contributed by atoms with Crippen LogP contribution in [0.4, 0.5) is 5.69 Å². The number of anilines is 1. The quantitative estimate of drug-likeness (QED) is 0.761. The third-order valence-electron chi connectivity index (χ3n) is 2.86. The van der Waals surface area contributed by atoms with Crippen LogP contribution in [-0.2, 0) is 9.53 Å². The number of rotatable bonds is 7. The molecule has 0 radical (unpaired) electrons. The molecule has 0 aliphatic heterocycles. The Hall–Kier alpha value is -1.06. The lowest BCUT2D eigenvalue weighted by atomic mass is 10.0. The Morgan fingerprint density at radius 3 is 2.84 bits per heavy atom. The van der Waals surface area contributed by atoms with Crippen molar-refractivity contribution in [1.29, 1.82) is 0 Å². The van der Waals surface area contributed by atoms with Crippen LogP contribution >= 0.6 is 11.6 Å². The van der Waals surface area contributed by atoms with Crippen molar-refractivity contribution in [1.82, 2.24) is 0 Å². The predicted octanol–water partition coefficient (Wildman–Crippen LogP) is 4.22. The average Bonchev–Trinajstić information content (AvgIpc) is 2.36. The molecule has 0 saturated heterocycles. The number of hydrogen-bond donors (Lipinski definition) is 1. The van der Waals surface area contributed by atoms with Gasteiger partial charge in [-0.25, -0.2) is 0 Å². The van der Waals surface area contributed by atoms with Crippen LogP contribution < -0.4 is 5.32 Å². The van der Waals surface area contributed by atoms with Gasteiger partial charge in [0.15, 0.2) is 0 Å². The van der Waals surface area contributed by atoms with Gasteiger partial charge in [-0.15, -0.1) is 0 Å². The molecule has 4 heteroatoms. The van der Waals surface area contributed by atoms with E-state index in [2.05, 4.69) is 19.2 Å². The van der Waals surface area contributed by atoms with Crippen molar-refractivity contribution in [2.75, 3.05) is 18.5 Å². The lowest BCUT2D eigenvalue weighted by Crippen LogP contribution is -2.09. The zero-order chi connectivity index (χ0) is 14.3. The number of nitrogens with one attached hydrogen (secondary N) is 1. The Labute approximate surface area is 120 Å². The first kappa shape index (κ1) is 16.0. The average molecular weight is 284 g/mol. The molecule has 106 valence electrons. The summed E-state index contributed by atoms with van der Waals surface area (Å²) in [7, 11) is 0. The van der Waals surface area contributed by atoms with Gasteiger partial charge in [0.2, 0.25) is 5.91 Å². The molecular formula is C15H22ClNO2. The molecule has 1 aromatic carbocycles. The molecule has 1 unspecified atom stereocenters. The highest BCUT2D eigenvalue weighted by Gasteiger charge is 2.11. The molecular weight excluding hydrogens is 262 g/mol. The Kier molecular flexibility index (Phi) is 6.89. The molecule has 1 amide bonds. The molecule has 0 aliphatic carbocycles. The molecule has 19 heavy (non-hydrogen) atoms. The van der Waals surface area contributed by atoms with E-state index in [1.807, 2.05) is 12.1 Å². The van der Waals surface area contributed by atoms with Crippen molar-refractivity contribution in [2.24, 2.45) is 0 Å². The molecule has 1 N–H and O–H groups in total. The van der Waals surface area contributed by atoms with E-state index in [1.54, 1.807) is 6.07 Å². The molecule has 3 nitrogen and oxygen atoms in total. The van der Waals surface area contributed by atoms with E-state index in [1.165, 1.54) is 6.92 Å². The van der Waals surface area contributed by atoms with E-state index in [0.29, 0.717) is 11.6 Å². The van der Waals surface area contributed by atoms with E-state index in [0.717, 1.165) is 30.7 Å². The van der Waals surface area contributed by atoms with Crippen molar-refractivity contribution in [2.45, 2.75) is 39.5 Å². The number of halogens is 1. The monoisotopic (exact) mass is 283 g/mol. The normalized spacial score (nSPS) is 12.2. The van der Waals surface area contributed by atoms with Gasteiger partial charge in [0.1, 0.15) is 0 Å². The molecule has 0 aliphatic rings. The molecule has 0 bridgehead atoms. The first-order chi connectivity index (χ1) is 9.04. The fourth-order valence-corrected chi connectivity index (χ4v) is 2.10. The van der Waals surface area contributed by atoms with E-state index in [9.17, 15) is 4.79 Å². The zero-order valence-corrected chi connectivity index (χ0v) is 12.6. The van der Waals surface area contributed by atoms with Crippen LogP contribution in [0.2, 0.25) is 5.02 Å². The van der Waals surface area contributed by atoms with E-state index >= 15 is 0 Å². The largest absolute Gasteiger partial charge is 0.381 e. The van der Waals surface area contributed by atoms with Gasteiger partial charge in [0.05, 0.1) is 6.61 Å². The van der Waals surface area contributed by atoms with E-state index < -0.39 is 0 Å². The lowest BCUT2D eigenvalue weighted by molar-refractivity contribution is -0.114. The number of amides is 1. The van der Waals surface area contributed by atoms with Crippen molar-refractivity contribution >= 4 is 23.2 Å². The van der Waals surface area contributed by atoms with Gasteiger partial charge in [-0.3, -0.25) is 4.79 Å². The van der Waals surface area contributed by atoms with Crippen LogP contribution in [0.15, 0.2) is 18.2 Å². The second-order valence-corrected chi connectivity index (χ2v) is 5.15. The second kappa shape index (κ2) is 8.18. The number of carbonyl (C=O) groups excluding carboxylic acids is 1. The highest BCUT2D eigenvalue weighted by Crippen LogP contribution is 2.27. The first-order valence-corrected chi connectivity index (χ1v) is 7.07. The number of hydrogen-bond acceptors (Lipinski definition) is 2. The van der Waals surface area contributed by atoms with Crippen LogP contribution in [0.5, 0.6) is 0 Å². The Bertz CT molecular complexity index is 421. The maximum absolute atomic E-state index is 11.1. The van der Waals surface area contributed by atoms with Crippen molar-refractivity contribution in [3.05, 3.63) is 28.8 Å². The lowest BCUT2D eigenvalue weighted by Gasteiger charge is -2.15. The minimum absolute atomic E-state index is 0.0832. The molecule has 0 saturated carbocycles. The summed E-state index contributed by atoms with van der Waals surface area (Å²) in [5, 5.41) is 3.47. The maximum atomic E-state index is 11.1. The van der Waals surface area contributed by atoms with Crippen LogP contribution in [-0.4, -0.2) is 19.1 Å². The van der Waals surface area contributed by atoms with Gasteiger partial charge in [-0.1, -0.05) is 31.9 Å². The zero-order valence-electron chi connectivity index (χ0n) is 11.8. The van der Waals surface area contributed by atoms with Crippen LogP contribution in [0.1, 0.15) is 45.1 Å². The fraction of sp³-hybridized carbons (Fsp3) is 0.533. The Balaban J connectivity index is 2.66. The SMILES string of the molecule is CCCCOCC(C)c1cc(NC(C)=O)ccc1Cl. The third-order valence-corrected chi connectivity index (χ3v) is 3.20. The van der Waals surface area contributed by atoms with Gasteiger partial charge in [-0.2, -0.15) is 0 Å². The van der Waals surface area contributed by atoms with Crippen LogP contribution in [0.3, 0.4) is 0 Å². The van der Waals surface area contributed by atoms with Crippen LogP contribution in [0.25, 0.3) is 0 Å². The number of benzene rings is 1. The van der Waals surface area contributed by atoms with Crippen LogP contribution in [0, 0.1) is 0 Å². The number of unbranched alkanes of at least 4 members (excludes halogenated alkanes) is 1. The summed E-state index contributed by atoms with van der Waals surface area (Å²) in [6, 6.07) is 5.53. The van der Waals surface area contributed by atoms with Gasteiger partial charge >= 0.3 is 0 Å². The fourth-order valence-electron chi connectivity index (χ4n) is 1.80. The molecule has 1 atom stereocenters. The minimum Gasteiger partial charge on any atom is -0.381 e. The van der Waals surface area contributed by atoms with Crippen molar-refractivity contribution in [3.63, 3.8) is 0 Å². The van der Waals surface area contributed by atoms with Gasteiger partial charge in [0.25, 0.3) is 0 Å². The second-order valence-electron chi connectivity index (χ2n) is 4.75. The highest BCUT2D eigenvalue weighted by molar-refractivity contribution is 6.31. The molecule has 1 aromatic rings. The first-order valence-electron chi connectivity index (χ1n) is 6.69. The molecule has 0 fully saturated rings. The summed E-state index contributed by atoms with van der Waals surface area (Å²) in [5.74, 6) is 0.123. The molecule has 0 spiro atoms. The Morgan fingerprint density at radius 2 is 2.21 bits per heavy atom. The smallest absolute Gasteiger partial charge is 0.221 e. The van der Waals surface area contributed by atoms with Crippen molar-refractivity contribution < 1.29 is 9.53 Å². The molecule has 0 heterocycles. The maximum Gasteiger partial charge on any atom is 0.221 e. The predicted molar refractivity (Wildman–Crippen MR) is 79.9 cm³/mol. The summed E-state index contributed by atoms with van der Waals surface area (Å²) < 4.78 is 5.62. The van der Waals surface area contributed by atoms with Gasteiger partial charge in [0, 0.05) is 30.2 Å². The third kappa shape index (κ3) is 5.62. The molecule has 1 rings (SSSR count). The number of ether oxygens (including phenoxy) is 1. The standard InChI is InChI=1S/C15H22ClNO2/c1-4-5-8-19-10-11(2)14-9-13(17-12(3)18)6-7-15(14)16/h6-7,9,11H,4-5,8,10H2,1-3H3,(H,17,18). The minimum atomic E-state index is -0.0832. The van der Waals surface area contributed by atoms with Gasteiger partial charge in [-0.05, 0) is 30.2 Å². The molecule has 0 aromatic heterocycles. The van der Waals surface area contributed by atoms with E-state index in [-0.39, 0.29) is 11.8 Å². The highest BCUT2D eigenvalue weighted by atomic mass is 35.5. The summed E-state index contributed by atoms with van der Waals surface area (Å²) >= 11 is 6.20.